The van der Waals surface area contributed by atoms with Crippen molar-refractivity contribution in [2.24, 2.45) is 0 Å². The number of nitrogens with one attached hydrogen (secondary N) is 2. The molecule has 2 N–H and O–H groups in total. The number of rotatable bonds is 3. The predicted octanol–water partition coefficient (Wildman–Crippen LogP) is 2.10. The Morgan fingerprint density at radius 2 is 2.00 bits per heavy atom. The van der Waals surface area contributed by atoms with Crippen LogP contribution in [0.5, 0.6) is 0 Å². The van der Waals surface area contributed by atoms with Crippen LogP contribution in [0.4, 0.5) is 10.1 Å². The molecule has 0 fully saturated rings. The van der Waals surface area contributed by atoms with E-state index < -0.39 is 22.8 Å². The van der Waals surface area contributed by atoms with Crippen LogP contribution in [-0.4, -0.2) is 15.5 Å². The maximum atomic E-state index is 13.2. The fraction of sp³-hybridized carbons (Fsp3) is 0.118. The van der Waals surface area contributed by atoms with Gasteiger partial charge in [-0.05, 0) is 43.3 Å². The molecule has 0 saturated carbocycles. The second-order valence-corrected chi connectivity index (χ2v) is 5.20. The van der Waals surface area contributed by atoms with Crippen LogP contribution in [0, 0.1) is 5.82 Å². The molecule has 2 aromatic carbocycles. The molecule has 1 heterocycles. The van der Waals surface area contributed by atoms with Crippen molar-refractivity contribution < 1.29 is 9.18 Å². The van der Waals surface area contributed by atoms with Crippen molar-refractivity contribution in [1.29, 1.82) is 0 Å². The summed E-state index contributed by atoms with van der Waals surface area (Å²) in [5.41, 5.74) is 0.141. The lowest BCUT2D eigenvalue weighted by molar-refractivity contribution is 0.102. The molecule has 0 aliphatic heterocycles. The average Bonchev–Trinajstić information content (AvgIpc) is 2.55. The third-order valence-corrected chi connectivity index (χ3v) is 3.64. The molecule has 0 aliphatic carbocycles. The van der Waals surface area contributed by atoms with Crippen LogP contribution >= 0.6 is 0 Å². The first-order valence-corrected chi connectivity index (χ1v) is 7.33. The Bertz CT molecular complexity index is 1050. The van der Waals surface area contributed by atoms with Crippen molar-refractivity contribution in [3.63, 3.8) is 0 Å². The molecule has 6 nitrogen and oxygen atoms in total. The van der Waals surface area contributed by atoms with Gasteiger partial charge in [-0.3, -0.25) is 14.4 Å². The van der Waals surface area contributed by atoms with Crippen LogP contribution in [0.3, 0.4) is 0 Å². The average molecular weight is 327 g/mol. The third-order valence-electron chi connectivity index (χ3n) is 3.64. The number of benzene rings is 2. The Morgan fingerprint density at radius 3 is 2.71 bits per heavy atom. The number of hydrogen-bond acceptors (Lipinski definition) is 3. The summed E-state index contributed by atoms with van der Waals surface area (Å²) in [7, 11) is 0. The van der Waals surface area contributed by atoms with Crippen molar-refractivity contribution in [2.75, 3.05) is 5.32 Å². The molecule has 3 rings (SSSR count). The Labute approximate surface area is 135 Å². The number of H-pyrrole nitrogens is 1. The Morgan fingerprint density at radius 1 is 1.21 bits per heavy atom. The Kier molecular flexibility index (Phi) is 3.99. The molecule has 0 spiro atoms. The van der Waals surface area contributed by atoms with Gasteiger partial charge in [0.05, 0.1) is 11.0 Å². The van der Waals surface area contributed by atoms with Gasteiger partial charge in [0.1, 0.15) is 5.82 Å². The highest BCUT2D eigenvalue weighted by atomic mass is 19.1. The van der Waals surface area contributed by atoms with E-state index >= 15 is 0 Å². The maximum Gasteiger partial charge on any atom is 0.316 e. The van der Waals surface area contributed by atoms with Crippen molar-refractivity contribution in [2.45, 2.75) is 13.5 Å². The van der Waals surface area contributed by atoms with Crippen LogP contribution in [0.15, 0.2) is 52.1 Å². The summed E-state index contributed by atoms with van der Waals surface area (Å²) < 4.78 is 14.5. The van der Waals surface area contributed by atoms with E-state index in [1.165, 1.54) is 28.8 Å². The van der Waals surface area contributed by atoms with Gasteiger partial charge in [-0.2, -0.15) is 0 Å². The molecule has 0 saturated heterocycles. The molecule has 122 valence electrons. The number of nitrogens with zero attached hydrogens (tertiary/aromatic N) is 1. The zero-order valence-electron chi connectivity index (χ0n) is 12.8. The summed E-state index contributed by atoms with van der Waals surface area (Å²) in [5, 5.41) is 2.58. The van der Waals surface area contributed by atoms with Gasteiger partial charge < -0.3 is 14.9 Å². The minimum Gasteiger partial charge on any atom is -0.322 e. The van der Waals surface area contributed by atoms with E-state index in [4.69, 9.17) is 0 Å². The normalized spacial score (nSPS) is 10.8. The number of carbonyl (C=O) groups is 1. The van der Waals surface area contributed by atoms with Crippen molar-refractivity contribution in [3.05, 3.63) is 74.6 Å². The van der Waals surface area contributed by atoms with E-state index in [-0.39, 0.29) is 5.56 Å². The van der Waals surface area contributed by atoms with Crippen LogP contribution in [0.25, 0.3) is 11.0 Å². The number of aromatic nitrogens is 2. The minimum atomic E-state index is -0.743. The first-order valence-electron chi connectivity index (χ1n) is 7.33. The van der Waals surface area contributed by atoms with E-state index in [1.54, 1.807) is 25.1 Å². The van der Waals surface area contributed by atoms with E-state index in [0.717, 1.165) is 0 Å². The van der Waals surface area contributed by atoms with Gasteiger partial charge in [0, 0.05) is 17.8 Å². The quantitative estimate of drug-likeness (QED) is 0.723. The number of hydrogen-bond donors (Lipinski definition) is 2. The molecule has 3 aromatic rings. The van der Waals surface area contributed by atoms with Gasteiger partial charge in [0.25, 0.3) is 5.91 Å². The molecule has 1 aromatic heterocycles. The lowest BCUT2D eigenvalue weighted by Crippen LogP contribution is -2.36. The Balaban J connectivity index is 2.02. The zero-order chi connectivity index (χ0) is 17.3. The Hall–Kier alpha value is -3.22. The van der Waals surface area contributed by atoms with Crippen molar-refractivity contribution >= 4 is 22.6 Å². The maximum absolute atomic E-state index is 13.2. The molecule has 0 atom stereocenters. The number of carbonyl (C=O) groups excluding carboxylic acids is 1. The summed E-state index contributed by atoms with van der Waals surface area (Å²) in [6.07, 6.45) is 0. The molecular weight excluding hydrogens is 313 g/mol. The minimum absolute atomic E-state index is 0.281. The van der Waals surface area contributed by atoms with E-state index in [9.17, 15) is 18.8 Å². The summed E-state index contributed by atoms with van der Waals surface area (Å²) in [6, 6.07) is 10.2. The summed E-state index contributed by atoms with van der Waals surface area (Å²) in [5.74, 6) is -0.903. The smallest absolute Gasteiger partial charge is 0.316 e. The van der Waals surface area contributed by atoms with Gasteiger partial charge >= 0.3 is 11.1 Å². The van der Waals surface area contributed by atoms with Crippen LogP contribution in [0.2, 0.25) is 0 Å². The van der Waals surface area contributed by atoms with Crippen molar-refractivity contribution in [3.8, 4) is 0 Å². The van der Waals surface area contributed by atoms with Crippen LogP contribution in [0.1, 0.15) is 17.3 Å². The third kappa shape index (κ3) is 2.83. The van der Waals surface area contributed by atoms with E-state index in [1.807, 2.05) is 0 Å². The number of fused-ring (bicyclic) bond motifs is 1. The van der Waals surface area contributed by atoms with Gasteiger partial charge in [-0.25, -0.2) is 4.39 Å². The van der Waals surface area contributed by atoms with E-state index in [2.05, 4.69) is 10.3 Å². The molecule has 0 bridgehead atoms. The van der Waals surface area contributed by atoms with Crippen LogP contribution < -0.4 is 16.4 Å². The van der Waals surface area contributed by atoms with Gasteiger partial charge in [-0.15, -0.1) is 0 Å². The zero-order valence-corrected chi connectivity index (χ0v) is 12.8. The fourth-order valence-corrected chi connectivity index (χ4v) is 2.50. The molecule has 24 heavy (non-hydrogen) atoms. The standard InChI is InChI=1S/C17H14FN3O3/c1-2-21-14-7-6-10(8-13(14)20-16(23)17(21)24)15(22)19-12-5-3-4-11(18)9-12/h3-9H,2H2,1H3,(H,19,22)(H,20,23). The number of aromatic amines is 1. The summed E-state index contributed by atoms with van der Waals surface area (Å²) in [4.78, 5) is 38.3. The highest BCUT2D eigenvalue weighted by Gasteiger charge is 2.11. The molecule has 0 aliphatic rings. The molecule has 7 heteroatoms. The molecule has 1 amide bonds. The number of amides is 1. The number of halogens is 1. The predicted molar refractivity (Wildman–Crippen MR) is 88.9 cm³/mol. The highest BCUT2D eigenvalue weighted by molar-refractivity contribution is 6.05. The van der Waals surface area contributed by atoms with Crippen LogP contribution in [-0.2, 0) is 6.54 Å². The lowest BCUT2D eigenvalue weighted by Gasteiger charge is -2.09. The van der Waals surface area contributed by atoms with Gasteiger partial charge in [-0.1, -0.05) is 6.07 Å². The number of anilines is 1. The van der Waals surface area contributed by atoms with Gasteiger partial charge in [0.2, 0.25) is 0 Å². The van der Waals surface area contributed by atoms with Gasteiger partial charge in [0.15, 0.2) is 0 Å². The SMILES string of the molecule is CCn1c(=O)c(=O)[nH]c2cc(C(=O)Nc3cccc(F)c3)ccc21. The summed E-state index contributed by atoms with van der Waals surface area (Å²) >= 11 is 0. The molecule has 0 radical (unpaired) electrons. The van der Waals surface area contributed by atoms with Crippen molar-refractivity contribution in [1.82, 2.24) is 9.55 Å². The highest BCUT2D eigenvalue weighted by Crippen LogP contribution is 2.15. The first-order chi connectivity index (χ1) is 11.5. The lowest BCUT2D eigenvalue weighted by atomic mass is 10.1. The summed E-state index contributed by atoms with van der Waals surface area (Å²) in [6.45, 7) is 2.10. The first kappa shape index (κ1) is 15.7. The second kappa shape index (κ2) is 6.11. The number of aryl methyl sites for hydroxylation is 1. The molecular formula is C17H14FN3O3. The fourth-order valence-electron chi connectivity index (χ4n) is 2.50. The van der Waals surface area contributed by atoms with E-state index in [0.29, 0.717) is 23.3 Å². The monoisotopic (exact) mass is 327 g/mol. The second-order valence-electron chi connectivity index (χ2n) is 5.20. The molecule has 0 unspecified atom stereocenters. The largest absolute Gasteiger partial charge is 0.322 e. The topological polar surface area (TPSA) is 84.0 Å².